The zero-order valence-electron chi connectivity index (χ0n) is 12.3. The summed E-state index contributed by atoms with van der Waals surface area (Å²) in [6.45, 7) is 5.15. The average molecular weight is 334 g/mol. The number of aromatic nitrogens is 1. The molecule has 0 radical (unpaired) electrons. The lowest BCUT2D eigenvalue weighted by Crippen LogP contribution is -2.34. The lowest BCUT2D eigenvalue weighted by molar-refractivity contribution is 0.116. The van der Waals surface area contributed by atoms with Crippen LogP contribution < -0.4 is 4.72 Å². The number of rotatable bonds is 6. The standard InChI is InChI=1S/C13H16F2N2O4S/c1-7(6-10-8(2)16-21-9(10)3)17-22(18,19)12-5-4-11(20-12)13(14)15/h4-5,7,13,17H,6H2,1-3H3/t7-/m0/s1. The molecule has 0 aromatic carbocycles. The minimum atomic E-state index is -4.00. The van der Waals surface area contributed by atoms with Crippen LogP contribution in [0.25, 0.3) is 0 Å². The lowest BCUT2D eigenvalue weighted by Gasteiger charge is -2.12. The highest BCUT2D eigenvalue weighted by molar-refractivity contribution is 7.89. The first-order chi connectivity index (χ1) is 10.2. The Kier molecular flexibility index (Phi) is 4.66. The molecule has 0 bridgehead atoms. The first-order valence-corrected chi connectivity index (χ1v) is 8.01. The first-order valence-electron chi connectivity index (χ1n) is 6.52. The van der Waals surface area contributed by atoms with E-state index in [0.717, 1.165) is 17.7 Å². The van der Waals surface area contributed by atoms with Crippen LogP contribution >= 0.6 is 0 Å². The second-order valence-corrected chi connectivity index (χ2v) is 6.63. The molecule has 0 spiro atoms. The predicted octanol–water partition coefficient (Wildman–Crippen LogP) is 2.73. The van der Waals surface area contributed by atoms with Gasteiger partial charge in [-0.05, 0) is 39.3 Å². The van der Waals surface area contributed by atoms with Gasteiger partial charge in [-0.1, -0.05) is 5.16 Å². The molecule has 6 nitrogen and oxygen atoms in total. The van der Waals surface area contributed by atoms with Crippen LogP contribution in [-0.2, 0) is 16.4 Å². The highest BCUT2D eigenvalue weighted by atomic mass is 32.2. The molecular weight excluding hydrogens is 318 g/mol. The maximum absolute atomic E-state index is 12.4. The molecular formula is C13H16F2N2O4S. The van der Waals surface area contributed by atoms with E-state index in [1.54, 1.807) is 20.8 Å². The molecule has 0 amide bonds. The van der Waals surface area contributed by atoms with Crippen molar-refractivity contribution in [1.82, 2.24) is 9.88 Å². The summed E-state index contributed by atoms with van der Waals surface area (Å²) in [6, 6.07) is 1.46. The van der Waals surface area contributed by atoms with E-state index in [1.165, 1.54) is 0 Å². The van der Waals surface area contributed by atoms with Crippen molar-refractivity contribution < 1.29 is 26.1 Å². The molecule has 2 aromatic heterocycles. The fourth-order valence-corrected chi connectivity index (χ4v) is 3.24. The van der Waals surface area contributed by atoms with Crippen LogP contribution in [0.15, 0.2) is 26.2 Å². The Morgan fingerprint density at radius 1 is 1.32 bits per heavy atom. The summed E-state index contributed by atoms with van der Waals surface area (Å²) in [4.78, 5) is 0. The second-order valence-electron chi connectivity index (χ2n) is 4.99. The normalized spacial score (nSPS) is 13.7. The fraction of sp³-hybridized carbons (Fsp3) is 0.462. The van der Waals surface area contributed by atoms with E-state index in [1.807, 2.05) is 0 Å². The van der Waals surface area contributed by atoms with Gasteiger partial charge in [0.15, 0.2) is 5.76 Å². The highest BCUT2D eigenvalue weighted by Gasteiger charge is 2.24. The van der Waals surface area contributed by atoms with Gasteiger partial charge in [-0.2, -0.15) is 0 Å². The number of hydrogen-bond donors (Lipinski definition) is 1. The van der Waals surface area contributed by atoms with Gasteiger partial charge in [0.05, 0.1) is 5.69 Å². The molecule has 2 aromatic rings. The van der Waals surface area contributed by atoms with Crippen LogP contribution in [0.2, 0.25) is 0 Å². The van der Waals surface area contributed by atoms with Crippen molar-refractivity contribution in [3.8, 4) is 0 Å². The summed E-state index contributed by atoms with van der Waals surface area (Å²) in [5.41, 5.74) is 1.49. The maximum Gasteiger partial charge on any atom is 0.295 e. The summed E-state index contributed by atoms with van der Waals surface area (Å²) in [5, 5.41) is 3.26. The Morgan fingerprint density at radius 2 is 2.00 bits per heavy atom. The topological polar surface area (TPSA) is 85.3 Å². The van der Waals surface area contributed by atoms with Crippen molar-refractivity contribution in [1.29, 1.82) is 0 Å². The summed E-state index contributed by atoms with van der Waals surface area (Å²) >= 11 is 0. The van der Waals surface area contributed by atoms with Crippen LogP contribution in [0.4, 0.5) is 8.78 Å². The second kappa shape index (κ2) is 6.17. The third-order valence-corrected chi connectivity index (χ3v) is 4.59. The minimum Gasteiger partial charge on any atom is -0.442 e. The fourth-order valence-electron chi connectivity index (χ4n) is 2.06. The van der Waals surface area contributed by atoms with Gasteiger partial charge in [-0.3, -0.25) is 0 Å². The van der Waals surface area contributed by atoms with Gasteiger partial charge in [-0.15, -0.1) is 0 Å². The average Bonchev–Trinajstić information content (AvgIpc) is 3.01. The Morgan fingerprint density at radius 3 is 2.50 bits per heavy atom. The van der Waals surface area contributed by atoms with E-state index >= 15 is 0 Å². The van der Waals surface area contributed by atoms with E-state index in [-0.39, 0.29) is 0 Å². The van der Waals surface area contributed by atoms with Gasteiger partial charge in [0, 0.05) is 11.6 Å². The summed E-state index contributed by atoms with van der Waals surface area (Å²) in [5.74, 6) is -0.0692. The van der Waals surface area contributed by atoms with Crippen molar-refractivity contribution in [2.45, 2.75) is 44.8 Å². The van der Waals surface area contributed by atoms with E-state index in [2.05, 4.69) is 14.3 Å². The molecule has 0 aliphatic rings. The van der Waals surface area contributed by atoms with E-state index in [4.69, 9.17) is 4.52 Å². The lowest BCUT2D eigenvalue weighted by atomic mass is 10.1. The molecule has 0 saturated carbocycles. The molecule has 0 aliphatic carbocycles. The number of halogens is 2. The van der Waals surface area contributed by atoms with Crippen LogP contribution in [0.1, 0.15) is 36.1 Å². The van der Waals surface area contributed by atoms with E-state index < -0.39 is 33.3 Å². The zero-order chi connectivity index (χ0) is 16.5. The molecule has 0 saturated heterocycles. The van der Waals surface area contributed by atoms with Gasteiger partial charge >= 0.3 is 0 Å². The Balaban J connectivity index is 2.11. The molecule has 1 atom stereocenters. The third-order valence-electron chi connectivity index (χ3n) is 3.13. The van der Waals surface area contributed by atoms with Gasteiger partial charge in [0.1, 0.15) is 5.76 Å². The molecule has 22 heavy (non-hydrogen) atoms. The smallest absolute Gasteiger partial charge is 0.295 e. The van der Waals surface area contributed by atoms with Gasteiger partial charge in [-0.25, -0.2) is 21.9 Å². The summed E-state index contributed by atoms with van der Waals surface area (Å²) in [6.07, 6.45) is -2.49. The van der Waals surface area contributed by atoms with Crippen molar-refractivity contribution >= 4 is 10.0 Å². The molecule has 2 rings (SSSR count). The summed E-state index contributed by atoms with van der Waals surface area (Å²) < 4.78 is 61.1. The Bertz CT molecular complexity index is 732. The van der Waals surface area contributed by atoms with Crippen LogP contribution in [0.3, 0.4) is 0 Å². The number of furan rings is 1. The first kappa shape index (κ1) is 16.6. The van der Waals surface area contributed by atoms with Crippen LogP contribution in [-0.4, -0.2) is 19.6 Å². The molecule has 0 unspecified atom stereocenters. The van der Waals surface area contributed by atoms with Gasteiger partial charge in [0.2, 0.25) is 5.09 Å². The number of hydrogen-bond acceptors (Lipinski definition) is 5. The maximum atomic E-state index is 12.4. The Labute approximate surface area is 126 Å². The van der Waals surface area contributed by atoms with Crippen molar-refractivity contribution in [2.75, 3.05) is 0 Å². The Hall–Kier alpha value is -1.74. The third kappa shape index (κ3) is 3.53. The summed E-state index contributed by atoms with van der Waals surface area (Å²) in [7, 11) is -4.00. The molecule has 0 aliphatic heterocycles. The van der Waals surface area contributed by atoms with E-state index in [0.29, 0.717) is 17.9 Å². The van der Waals surface area contributed by atoms with Crippen LogP contribution in [0, 0.1) is 13.8 Å². The van der Waals surface area contributed by atoms with Crippen molar-refractivity contribution in [3.63, 3.8) is 0 Å². The zero-order valence-corrected chi connectivity index (χ0v) is 13.1. The quantitative estimate of drug-likeness (QED) is 0.878. The number of aryl methyl sites for hydroxylation is 2. The number of alkyl halides is 2. The largest absolute Gasteiger partial charge is 0.442 e. The number of nitrogens with zero attached hydrogens (tertiary/aromatic N) is 1. The van der Waals surface area contributed by atoms with Gasteiger partial charge in [0.25, 0.3) is 16.4 Å². The number of sulfonamides is 1. The molecule has 9 heteroatoms. The van der Waals surface area contributed by atoms with Crippen molar-refractivity contribution in [2.24, 2.45) is 0 Å². The highest BCUT2D eigenvalue weighted by Crippen LogP contribution is 2.24. The SMILES string of the molecule is Cc1noc(C)c1C[C@H](C)NS(=O)(=O)c1ccc(C(F)F)o1. The molecule has 2 heterocycles. The van der Waals surface area contributed by atoms with Gasteiger partial charge < -0.3 is 8.94 Å². The van der Waals surface area contributed by atoms with E-state index in [9.17, 15) is 17.2 Å². The van der Waals surface area contributed by atoms with Crippen molar-refractivity contribution in [3.05, 3.63) is 34.9 Å². The predicted molar refractivity (Wildman–Crippen MR) is 73.1 cm³/mol. The monoisotopic (exact) mass is 334 g/mol. The number of nitrogens with one attached hydrogen (secondary N) is 1. The minimum absolute atomic E-state index is 0.364. The van der Waals surface area contributed by atoms with Crippen LogP contribution in [0.5, 0.6) is 0 Å². The molecule has 1 N–H and O–H groups in total. The molecule has 122 valence electrons. The molecule has 0 fully saturated rings.